The van der Waals surface area contributed by atoms with Gasteiger partial charge in [0, 0.05) is 16.9 Å². The third kappa shape index (κ3) is 3.03. The maximum atomic E-state index is 12.1. The number of carbonyl (C=O) groups excluding carboxylic acids is 2. The van der Waals surface area contributed by atoms with Crippen LogP contribution in [0.5, 0.6) is 0 Å². The van der Waals surface area contributed by atoms with Crippen LogP contribution in [0.15, 0.2) is 6.07 Å². The average molecular weight is 250 g/mol. The van der Waals surface area contributed by atoms with E-state index in [2.05, 4.69) is 0 Å². The number of hydrogen-bond donors (Lipinski definition) is 0. The zero-order valence-corrected chi connectivity index (χ0v) is 11.0. The van der Waals surface area contributed by atoms with Crippen molar-refractivity contribution < 1.29 is 9.59 Å². The fraction of sp³-hybridized carbons (Fsp3) is 0.571. The number of aryl methyl sites for hydroxylation is 1. The van der Waals surface area contributed by atoms with Gasteiger partial charge in [0.2, 0.25) is 0 Å². The highest BCUT2D eigenvalue weighted by Crippen LogP contribution is 2.29. The molecule has 0 bridgehead atoms. The Balaban J connectivity index is 2.00. The molecular formula is C14H18O2S. The average Bonchev–Trinajstić information content (AvgIpc) is 2.72. The van der Waals surface area contributed by atoms with Gasteiger partial charge in [0.1, 0.15) is 0 Å². The van der Waals surface area contributed by atoms with E-state index in [0.29, 0.717) is 17.9 Å². The van der Waals surface area contributed by atoms with Crippen molar-refractivity contribution >= 4 is 23.4 Å². The molecule has 0 saturated heterocycles. The van der Waals surface area contributed by atoms with Gasteiger partial charge < -0.3 is 0 Å². The van der Waals surface area contributed by atoms with Crippen LogP contribution in [0.25, 0.3) is 0 Å². The van der Waals surface area contributed by atoms with Crippen molar-refractivity contribution in [3.63, 3.8) is 0 Å². The monoisotopic (exact) mass is 250 g/mol. The molecule has 0 atom stereocenters. The molecule has 1 aliphatic carbocycles. The Kier molecular flexibility index (Phi) is 4.11. The van der Waals surface area contributed by atoms with Crippen LogP contribution in [-0.4, -0.2) is 12.1 Å². The van der Waals surface area contributed by atoms with Crippen LogP contribution >= 0.6 is 11.3 Å². The minimum Gasteiger partial charge on any atom is -0.298 e. The highest BCUT2D eigenvalue weighted by Gasteiger charge is 2.19. The number of hydrogen-bond acceptors (Lipinski definition) is 3. The maximum Gasteiger partial charge on any atom is 0.173 e. The van der Waals surface area contributed by atoms with Gasteiger partial charge in [-0.05, 0) is 18.9 Å². The van der Waals surface area contributed by atoms with Gasteiger partial charge in [-0.15, -0.1) is 11.3 Å². The van der Waals surface area contributed by atoms with E-state index in [1.807, 2.05) is 6.92 Å². The van der Waals surface area contributed by atoms with Gasteiger partial charge in [0.25, 0.3) is 0 Å². The molecule has 0 unspecified atom stereocenters. The number of carbonyl (C=O) groups is 2. The van der Waals surface area contributed by atoms with E-state index >= 15 is 0 Å². The van der Waals surface area contributed by atoms with Crippen LogP contribution in [0.1, 0.15) is 63.4 Å². The Labute approximate surface area is 106 Å². The molecule has 1 aromatic heterocycles. The second kappa shape index (κ2) is 5.58. The van der Waals surface area contributed by atoms with Gasteiger partial charge in [0.15, 0.2) is 12.1 Å². The van der Waals surface area contributed by atoms with Crippen molar-refractivity contribution in [1.29, 1.82) is 0 Å². The topological polar surface area (TPSA) is 34.1 Å². The van der Waals surface area contributed by atoms with E-state index < -0.39 is 0 Å². The van der Waals surface area contributed by atoms with Crippen molar-refractivity contribution in [3.8, 4) is 0 Å². The molecule has 0 radical (unpaired) electrons. The standard InChI is InChI=1S/C14H18O2S/c1-10-12(9-15)8-14(17-10)13(16)7-11-5-3-2-4-6-11/h8-9,11H,2-7H2,1H3. The molecule has 1 saturated carbocycles. The van der Waals surface area contributed by atoms with Gasteiger partial charge in [-0.25, -0.2) is 0 Å². The van der Waals surface area contributed by atoms with Crippen LogP contribution in [-0.2, 0) is 0 Å². The van der Waals surface area contributed by atoms with E-state index in [1.165, 1.54) is 43.4 Å². The van der Waals surface area contributed by atoms with Gasteiger partial charge in [0.05, 0.1) is 4.88 Å². The molecule has 2 rings (SSSR count). The highest BCUT2D eigenvalue weighted by molar-refractivity contribution is 7.14. The third-order valence-corrected chi connectivity index (χ3v) is 4.66. The van der Waals surface area contributed by atoms with E-state index in [-0.39, 0.29) is 5.78 Å². The Morgan fingerprint density at radius 3 is 2.71 bits per heavy atom. The van der Waals surface area contributed by atoms with Gasteiger partial charge in [-0.1, -0.05) is 32.1 Å². The van der Waals surface area contributed by atoms with Crippen LogP contribution in [0.2, 0.25) is 0 Å². The first-order valence-corrected chi connectivity index (χ1v) is 7.11. The lowest BCUT2D eigenvalue weighted by Crippen LogP contribution is -2.11. The summed E-state index contributed by atoms with van der Waals surface area (Å²) >= 11 is 1.45. The number of Topliss-reactive ketones (excluding diaryl/α,β-unsaturated/α-hetero) is 1. The predicted molar refractivity (Wildman–Crippen MR) is 70.0 cm³/mol. The first-order chi connectivity index (χ1) is 8.20. The predicted octanol–water partition coefficient (Wildman–Crippen LogP) is 4.02. The van der Waals surface area contributed by atoms with Crippen LogP contribution < -0.4 is 0 Å². The SMILES string of the molecule is Cc1sc(C(=O)CC2CCCCC2)cc1C=O. The normalized spacial score (nSPS) is 17.0. The second-order valence-corrected chi connectivity index (χ2v) is 6.13. The molecule has 0 spiro atoms. The number of thiophene rings is 1. The van der Waals surface area contributed by atoms with Crippen molar-refractivity contribution in [1.82, 2.24) is 0 Å². The Bertz CT molecular complexity index is 414. The van der Waals surface area contributed by atoms with Crippen molar-refractivity contribution in [2.24, 2.45) is 5.92 Å². The largest absolute Gasteiger partial charge is 0.298 e. The summed E-state index contributed by atoms with van der Waals surface area (Å²) in [5.41, 5.74) is 0.669. The quantitative estimate of drug-likeness (QED) is 0.597. The molecule has 3 heteroatoms. The van der Waals surface area contributed by atoms with Gasteiger partial charge >= 0.3 is 0 Å². The first kappa shape index (κ1) is 12.5. The summed E-state index contributed by atoms with van der Waals surface area (Å²) in [7, 11) is 0. The Hall–Kier alpha value is -0.960. The van der Waals surface area contributed by atoms with Gasteiger partial charge in [-0.3, -0.25) is 9.59 Å². The Morgan fingerprint density at radius 1 is 1.41 bits per heavy atom. The van der Waals surface area contributed by atoms with E-state index in [4.69, 9.17) is 0 Å². The fourth-order valence-electron chi connectivity index (χ4n) is 2.50. The fourth-order valence-corrected chi connectivity index (χ4v) is 3.44. The first-order valence-electron chi connectivity index (χ1n) is 6.29. The summed E-state index contributed by atoms with van der Waals surface area (Å²) in [6.45, 7) is 1.89. The minimum absolute atomic E-state index is 0.220. The smallest absolute Gasteiger partial charge is 0.173 e. The molecule has 2 nitrogen and oxygen atoms in total. The van der Waals surface area contributed by atoms with E-state index in [1.54, 1.807) is 6.07 Å². The highest BCUT2D eigenvalue weighted by atomic mass is 32.1. The van der Waals surface area contributed by atoms with Crippen LogP contribution in [0.4, 0.5) is 0 Å². The van der Waals surface area contributed by atoms with Crippen molar-refractivity contribution in [3.05, 3.63) is 21.4 Å². The second-order valence-electron chi connectivity index (χ2n) is 4.87. The summed E-state index contributed by atoms with van der Waals surface area (Å²) in [6.07, 6.45) is 7.73. The van der Waals surface area contributed by atoms with Crippen molar-refractivity contribution in [2.45, 2.75) is 45.4 Å². The van der Waals surface area contributed by atoms with Crippen LogP contribution in [0, 0.1) is 12.8 Å². The maximum absolute atomic E-state index is 12.1. The number of rotatable bonds is 4. The minimum atomic E-state index is 0.220. The van der Waals surface area contributed by atoms with Crippen molar-refractivity contribution in [2.75, 3.05) is 0 Å². The summed E-state index contributed by atoms with van der Waals surface area (Å²) in [4.78, 5) is 24.5. The summed E-state index contributed by atoms with van der Waals surface area (Å²) in [6, 6.07) is 1.75. The molecule has 17 heavy (non-hydrogen) atoms. The Morgan fingerprint density at radius 2 is 2.12 bits per heavy atom. The zero-order chi connectivity index (χ0) is 12.3. The molecule has 1 aromatic rings. The summed E-state index contributed by atoms with van der Waals surface area (Å²) in [5.74, 6) is 0.788. The molecule has 1 heterocycles. The summed E-state index contributed by atoms with van der Waals surface area (Å²) in [5, 5.41) is 0. The molecule has 92 valence electrons. The van der Waals surface area contributed by atoms with E-state index in [0.717, 1.165) is 16.0 Å². The number of ketones is 1. The molecule has 0 aromatic carbocycles. The molecule has 1 aliphatic rings. The lowest BCUT2D eigenvalue weighted by atomic mass is 9.85. The summed E-state index contributed by atoms with van der Waals surface area (Å²) < 4.78 is 0. The molecule has 0 aliphatic heterocycles. The van der Waals surface area contributed by atoms with Crippen LogP contribution in [0.3, 0.4) is 0 Å². The lowest BCUT2D eigenvalue weighted by Gasteiger charge is -2.20. The molecule has 0 amide bonds. The number of aldehydes is 1. The van der Waals surface area contributed by atoms with Gasteiger partial charge in [-0.2, -0.15) is 0 Å². The molecule has 1 fully saturated rings. The molecule has 0 N–H and O–H groups in total. The van der Waals surface area contributed by atoms with E-state index in [9.17, 15) is 9.59 Å². The molecular weight excluding hydrogens is 232 g/mol. The lowest BCUT2D eigenvalue weighted by molar-refractivity contribution is 0.0954. The third-order valence-electron chi connectivity index (χ3n) is 3.56. The zero-order valence-electron chi connectivity index (χ0n) is 10.2.